The summed E-state index contributed by atoms with van der Waals surface area (Å²) in [5.74, 6) is 0. The SMILES string of the molecule is c1cc2c3c(cncc3c1)CCN2C1CCNCC1. The summed E-state index contributed by atoms with van der Waals surface area (Å²) in [6.45, 7) is 3.45. The third kappa shape index (κ3) is 1.80. The van der Waals surface area contributed by atoms with Gasteiger partial charge in [-0.25, -0.2) is 0 Å². The van der Waals surface area contributed by atoms with E-state index in [1.165, 1.54) is 34.9 Å². The molecule has 0 radical (unpaired) electrons. The maximum atomic E-state index is 4.37. The highest BCUT2D eigenvalue weighted by molar-refractivity contribution is 5.97. The molecule has 3 heteroatoms. The fourth-order valence-corrected chi connectivity index (χ4v) is 3.57. The number of hydrogen-bond donors (Lipinski definition) is 1. The zero-order valence-electron chi connectivity index (χ0n) is 11.1. The van der Waals surface area contributed by atoms with Gasteiger partial charge < -0.3 is 10.2 Å². The molecule has 1 N–H and O–H groups in total. The van der Waals surface area contributed by atoms with Crippen molar-refractivity contribution < 1.29 is 0 Å². The van der Waals surface area contributed by atoms with Crippen LogP contribution in [0.15, 0.2) is 30.6 Å². The van der Waals surface area contributed by atoms with E-state index in [2.05, 4.69) is 33.4 Å². The van der Waals surface area contributed by atoms with Gasteiger partial charge in [-0.3, -0.25) is 4.98 Å². The Hall–Kier alpha value is -1.61. The van der Waals surface area contributed by atoms with Crippen LogP contribution in [0.4, 0.5) is 5.69 Å². The zero-order chi connectivity index (χ0) is 12.7. The van der Waals surface area contributed by atoms with E-state index in [1.807, 2.05) is 12.4 Å². The van der Waals surface area contributed by atoms with Crippen LogP contribution in [0.5, 0.6) is 0 Å². The summed E-state index contributed by atoms with van der Waals surface area (Å²) >= 11 is 0. The number of aromatic nitrogens is 1. The molecule has 0 spiro atoms. The first-order valence-corrected chi connectivity index (χ1v) is 7.26. The summed E-state index contributed by atoms with van der Waals surface area (Å²) in [4.78, 5) is 7.00. The first kappa shape index (κ1) is 11.2. The van der Waals surface area contributed by atoms with Gasteiger partial charge in [0.25, 0.3) is 0 Å². The van der Waals surface area contributed by atoms with E-state index in [9.17, 15) is 0 Å². The molecule has 1 saturated heterocycles. The van der Waals surface area contributed by atoms with Crippen molar-refractivity contribution in [3.05, 3.63) is 36.2 Å². The largest absolute Gasteiger partial charge is 0.368 e. The highest BCUT2D eigenvalue weighted by Gasteiger charge is 2.26. The molecule has 19 heavy (non-hydrogen) atoms. The predicted octanol–water partition coefficient (Wildman–Crippen LogP) is 2.35. The number of rotatable bonds is 1. The molecule has 98 valence electrons. The van der Waals surface area contributed by atoms with Crippen LogP contribution in [0.3, 0.4) is 0 Å². The summed E-state index contributed by atoms with van der Waals surface area (Å²) < 4.78 is 0. The Morgan fingerprint density at radius 2 is 2.05 bits per heavy atom. The van der Waals surface area contributed by atoms with Crippen LogP contribution in [0, 0.1) is 0 Å². The van der Waals surface area contributed by atoms with Gasteiger partial charge in [-0.2, -0.15) is 0 Å². The van der Waals surface area contributed by atoms with Gasteiger partial charge in [0.15, 0.2) is 0 Å². The number of hydrogen-bond acceptors (Lipinski definition) is 3. The van der Waals surface area contributed by atoms with Crippen LogP contribution >= 0.6 is 0 Å². The Balaban J connectivity index is 1.82. The molecule has 4 rings (SSSR count). The van der Waals surface area contributed by atoms with E-state index in [4.69, 9.17) is 0 Å². The normalized spacial score (nSPS) is 19.9. The second kappa shape index (κ2) is 4.49. The van der Waals surface area contributed by atoms with Gasteiger partial charge in [0.2, 0.25) is 0 Å². The Bertz CT molecular complexity index is 597. The average molecular weight is 253 g/mol. The number of benzene rings is 1. The molecule has 0 bridgehead atoms. The molecular formula is C16H19N3. The lowest BCUT2D eigenvalue weighted by molar-refractivity contribution is 0.429. The highest BCUT2D eigenvalue weighted by atomic mass is 15.2. The highest BCUT2D eigenvalue weighted by Crippen LogP contribution is 2.35. The van der Waals surface area contributed by atoms with Gasteiger partial charge in [-0.1, -0.05) is 12.1 Å². The molecule has 2 aliphatic rings. The van der Waals surface area contributed by atoms with Gasteiger partial charge in [0.05, 0.1) is 0 Å². The minimum atomic E-state index is 0.702. The molecule has 2 aromatic rings. The number of pyridine rings is 1. The van der Waals surface area contributed by atoms with E-state index in [1.54, 1.807) is 0 Å². The molecule has 1 aromatic carbocycles. The maximum Gasteiger partial charge on any atom is 0.0452 e. The van der Waals surface area contributed by atoms with Crippen molar-refractivity contribution in [3.8, 4) is 0 Å². The lowest BCUT2D eigenvalue weighted by Crippen LogP contribution is -2.45. The number of nitrogens with zero attached hydrogens (tertiary/aromatic N) is 2. The Kier molecular flexibility index (Phi) is 2.66. The maximum absolute atomic E-state index is 4.37. The van der Waals surface area contributed by atoms with Crippen molar-refractivity contribution in [2.24, 2.45) is 0 Å². The molecule has 2 aliphatic heterocycles. The van der Waals surface area contributed by atoms with Gasteiger partial charge >= 0.3 is 0 Å². The first-order chi connectivity index (χ1) is 9.43. The fourth-order valence-electron chi connectivity index (χ4n) is 3.57. The zero-order valence-corrected chi connectivity index (χ0v) is 11.1. The van der Waals surface area contributed by atoms with Gasteiger partial charge in [0.1, 0.15) is 0 Å². The molecule has 0 amide bonds. The molecule has 0 saturated carbocycles. The summed E-state index contributed by atoms with van der Waals surface area (Å²) in [5, 5.41) is 6.18. The third-order valence-corrected chi connectivity index (χ3v) is 4.52. The molecule has 0 atom stereocenters. The van der Waals surface area contributed by atoms with Crippen LogP contribution in [0.1, 0.15) is 18.4 Å². The Morgan fingerprint density at radius 3 is 2.95 bits per heavy atom. The average Bonchev–Trinajstić information content (AvgIpc) is 2.49. The van der Waals surface area contributed by atoms with Gasteiger partial charge in [-0.05, 0) is 44.0 Å². The summed E-state index contributed by atoms with van der Waals surface area (Å²) in [6, 6.07) is 7.34. The molecule has 3 nitrogen and oxygen atoms in total. The van der Waals surface area contributed by atoms with Crippen LogP contribution in [-0.4, -0.2) is 30.7 Å². The van der Waals surface area contributed by atoms with E-state index in [0.29, 0.717) is 6.04 Å². The lowest BCUT2D eigenvalue weighted by Gasteiger charge is -2.39. The van der Waals surface area contributed by atoms with Crippen LogP contribution < -0.4 is 10.2 Å². The second-order valence-electron chi connectivity index (χ2n) is 5.60. The number of nitrogens with one attached hydrogen (secondary N) is 1. The van der Waals surface area contributed by atoms with Crippen LogP contribution in [-0.2, 0) is 6.42 Å². The minimum absolute atomic E-state index is 0.702. The number of piperidine rings is 1. The van der Waals surface area contributed by atoms with Crippen LogP contribution in [0.2, 0.25) is 0 Å². The van der Waals surface area contributed by atoms with Gasteiger partial charge in [0, 0.05) is 41.4 Å². The van der Waals surface area contributed by atoms with Crippen molar-refractivity contribution in [3.63, 3.8) is 0 Å². The van der Waals surface area contributed by atoms with E-state index >= 15 is 0 Å². The monoisotopic (exact) mass is 253 g/mol. The van der Waals surface area contributed by atoms with E-state index in [-0.39, 0.29) is 0 Å². The lowest BCUT2D eigenvalue weighted by atomic mass is 9.95. The summed E-state index contributed by atoms with van der Waals surface area (Å²) in [7, 11) is 0. The second-order valence-corrected chi connectivity index (χ2v) is 5.60. The molecule has 0 unspecified atom stereocenters. The minimum Gasteiger partial charge on any atom is -0.368 e. The van der Waals surface area contributed by atoms with Crippen molar-refractivity contribution in [2.45, 2.75) is 25.3 Å². The van der Waals surface area contributed by atoms with E-state index < -0.39 is 0 Å². The molecule has 1 fully saturated rings. The summed E-state index contributed by atoms with van der Waals surface area (Å²) in [6.07, 6.45) is 7.69. The topological polar surface area (TPSA) is 28.2 Å². The van der Waals surface area contributed by atoms with Gasteiger partial charge in [-0.15, -0.1) is 0 Å². The standard InChI is InChI=1S/C16H19N3/c1-2-12-10-18-11-13-6-9-19(15(3-1)16(12)13)14-4-7-17-8-5-14/h1-3,10-11,14,17H,4-9H2. The Morgan fingerprint density at radius 1 is 1.16 bits per heavy atom. The fraction of sp³-hybridized carbons (Fsp3) is 0.438. The Labute approximate surface area is 113 Å². The molecule has 1 aromatic heterocycles. The number of anilines is 1. The van der Waals surface area contributed by atoms with E-state index in [0.717, 1.165) is 26.1 Å². The summed E-state index contributed by atoms with van der Waals surface area (Å²) in [5.41, 5.74) is 2.84. The smallest absolute Gasteiger partial charge is 0.0452 e. The predicted molar refractivity (Wildman–Crippen MR) is 78.7 cm³/mol. The molecule has 3 heterocycles. The van der Waals surface area contributed by atoms with Crippen molar-refractivity contribution >= 4 is 16.5 Å². The van der Waals surface area contributed by atoms with Crippen molar-refractivity contribution in [1.29, 1.82) is 0 Å². The first-order valence-electron chi connectivity index (χ1n) is 7.26. The third-order valence-electron chi connectivity index (χ3n) is 4.52. The molecule has 0 aliphatic carbocycles. The van der Waals surface area contributed by atoms with Crippen LogP contribution in [0.25, 0.3) is 10.8 Å². The van der Waals surface area contributed by atoms with Crippen molar-refractivity contribution in [2.75, 3.05) is 24.5 Å². The van der Waals surface area contributed by atoms with Crippen molar-refractivity contribution in [1.82, 2.24) is 10.3 Å². The quantitative estimate of drug-likeness (QED) is 0.845. The molecular weight excluding hydrogens is 234 g/mol.